The molecule has 1 aliphatic heterocycles. The van der Waals surface area contributed by atoms with Crippen LogP contribution in [0.2, 0.25) is 0 Å². The van der Waals surface area contributed by atoms with Gasteiger partial charge in [-0.15, -0.1) is 0 Å². The van der Waals surface area contributed by atoms with Crippen LogP contribution >= 0.6 is 0 Å². The summed E-state index contributed by atoms with van der Waals surface area (Å²) in [5, 5.41) is 5.77. The molecule has 144 valence electrons. The van der Waals surface area contributed by atoms with E-state index in [1.54, 1.807) is 7.11 Å². The van der Waals surface area contributed by atoms with Crippen molar-refractivity contribution in [3.63, 3.8) is 0 Å². The number of piperidine rings is 1. The molecule has 6 heteroatoms. The molecule has 1 heterocycles. The second-order valence-corrected chi connectivity index (χ2v) is 6.81. The molecule has 0 radical (unpaired) electrons. The highest BCUT2D eigenvalue weighted by Gasteiger charge is 2.22. The number of urea groups is 1. The standard InChI is InChI=1S/C20H31N3O3/c1-3-10-22-20(25)23-12-8-17(9-13-23)15-16-4-6-18(7-5-16)19(24)21-11-14-26-2/h4-7,17H,3,8-15H2,1-2H3,(H,21,24)(H,22,25). The lowest BCUT2D eigenvalue weighted by atomic mass is 9.90. The summed E-state index contributed by atoms with van der Waals surface area (Å²) >= 11 is 0. The quantitative estimate of drug-likeness (QED) is 0.699. The molecule has 0 bridgehead atoms. The largest absolute Gasteiger partial charge is 0.383 e. The summed E-state index contributed by atoms with van der Waals surface area (Å²) in [5.41, 5.74) is 1.92. The third-order valence-corrected chi connectivity index (χ3v) is 4.76. The molecule has 1 aliphatic rings. The van der Waals surface area contributed by atoms with E-state index in [1.165, 1.54) is 5.56 Å². The Balaban J connectivity index is 1.76. The lowest BCUT2D eigenvalue weighted by Gasteiger charge is -2.32. The first-order chi connectivity index (χ1) is 12.6. The molecule has 26 heavy (non-hydrogen) atoms. The molecule has 6 nitrogen and oxygen atoms in total. The Labute approximate surface area is 156 Å². The summed E-state index contributed by atoms with van der Waals surface area (Å²) in [5.74, 6) is 0.520. The van der Waals surface area contributed by atoms with Crippen LogP contribution in [-0.2, 0) is 11.2 Å². The van der Waals surface area contributed by atoms with E-state index in [-0.39, 0.29) is 11.9 Å². The second-order valence-electron chi connectivity index (χ2n) is 6.81. The first-order valence-electron chi connectivity index (χ1n) is 9.53. The lowest BCUT2D eigenvalue weighted by molar-refractivity contribution is 0.0937. The van der Waals surface area contributed by atoms with Crippen molar-refractivity contribution in [3.8, 4) is 0 Å². The summed E-state index contributed by atoms with van der Waals surface area (Å²) in [6.45, 7) is 5.46. The Kier molecular flexibility index (Phi) is 8.41. The zero-order valence-corrected chi connectivity index (χ0v) is 15.9. The normalized spacial score (nSPS) is 14.9. The van der Waals surface area contributed by atoms with Gasteiger partial charge in [0.1, 0.15) is 0 Å². The molecule has 1 aromatic rings. The Bertz CT molecular complexity index is 566. The minimum absolute atomic E-state index is 0.0640. The number of carbonyl (C=O) groups excluding carboxylic acids is 2. The zero-order valence-electron chi connectivity index (χ0n) is 15.9. The first-order valence-corrected chi connectivity index (χ1v) is 9.53. The molecule has 3 amide bonds. The van der Waals surface area contributed by atoms with Gasteiger partial charge >= 0.3 is 6.03 Å². The number of rotatable bonds is 8. The van der Waals surface area contributed by atoms with Gasteiger partial charge in [0.2, 0.25) is 0 Å². The fourth-order valence-corrected chi connectivity index (χ4v) is 3.18. The monoisotopic (exact) mass is 361 g/mol. The van der Waals surface area contributed by atoms with E-state index < -0.39 is 0 Å². The molecule has 0 aromatic heterocycles. The van der Waals surface area contributed by atoms with Gasteiger partial charge in [0, 0.05) is 38.9 Å². The molecule has 0 aliphatic carbocycles. The number of benzene rings is 1. The number of nitrogens with zero attached hydrogens (tertiary/aromatic N) is 1. The first kappa shape index (κ1) is 20.2. The molecule has 0 atom stereocenters. The van der Waals surface area contributed by atoms with E-state index in [0.29, 0.717) is 24.6 Å². The van der Waals surface area contributed by atoms with Crippen LogP contribution in [0.3, 0.4) is 0 Å². The van der Waals surface area contributed by atoms with Crippen LogP contribution in [0.4, 0.5) is 4.79 Å². The Hall–Kier alpha value is -2.08. The molecule has 1 fully saturated rings. The number of carbonyl (C=O) groups is 2. The molecular weight excluding hydrogens is 330 g/mol. The molecule has 0 spiro atoms. The molecule has 1 aromatic carbocycles. The Morgan fingerprint density at radius 1 is 1.12 bits per heavy atom. The van der Waals surface area contributed by atoms with Crippen LogP contribution < -0.4 is 10.6 Å². The van der Waals surface area contributed by atoms with Crippen molar-refractivity contribution < 1.29 is 14.3 Å². The van der Waals surface area contributed by atoms with Crippen molar-refractivity contribution in [2.75, 3.05) is 39.9 Å². The van der Waals surface area contributed by atoms with Crippen LogP contribution in [0.1, 0.15) is 42.1 Å². The third kappa shape index (κ3) is 6.33. The van der Waals surface area contributed by atoms with Gasteiger partial charge < -0.3 is 20.3 Å². The topological polar surface area (TPSA) is 70.7 Å². The molecular formula is C20H31N3O3. The van der Waals surface area contributed by atoms with Crippen LogP contribution in [0.5, 0.6) is 0 Å². The van der Waals surface area contributed by atoms with Gasteiger partial charge in [-0.05, 0) is 49.3 Å². The SMILES string of the molecule is CCCNC(=O)N1CCC(Cc2ccc(C(=O)NCCOC)cc2)CC1. The Morgan fingerprint density at radius 3 is 2.42 bits per heavy atom. The highest BCUT2D eigenvalue weighted by molar-refractivity contribution is 5.94. The average molecular weight is 361 g/mol. The van der Waals surface area contributed by atoms with Crippen molar-refractivity contribution in [2.24, 2.45) is 5.92 Å². The number of amides is 3. The minimum Gasteiger partial charge on any atom is -0.383 e. The fourth-order valence-electron chi connectivity index (χ4n) is 3.18. The van der Waals surface area contributed by atoms with Gasteiger partial charge in [0.25, 0.3) is 5.91 Å². The highest BCUT2D eigenvalue weighted by atomic mass is 16.5. The fraction of sp³-hybridized carbons (Fsp3) is 0.600. The van der Waals surface area contributed by atoms with Gasteiger partial charge in [0.05, 0.1) is 6.61 Å². The summed E-state index contributed by atoms with van der Waals surface area (Å²) < 4.78 is 4.93. The molecule has 0 saturated carbocycles. The van der Waals surface area contributed by atoms with Gasteiger partial charge in [0.15, 0.2) is 0 Å². The van der Waals surface area contributed by atoms with Gasteiger partial charge in [-0.25, -0.2) is 4.79 Å². The average Bonchev–Trinajstić information content (AvgIpc) is 2.67. The van der Waals surface area contributed by atoms with E-state index >= 15 is 0 Å². The molecule has 1 saturated heterocycles. The number of nitrogens with one attached hydrogen (secondary N) is 2. The summed E-state index contributed by atoms with van der Waals surface area (Å²) in [4.78, 5) is 25.9. The van der Waals surface area contributed by atoms with Crippen molar-refractivity contribution in [1.82, 2.24) is 15.5 Å². The predicted octanol–water partition coefficient (Wildman–Crippen LogP) is 2.44. The molecule has 0 unspecified atom stereocenters. The van der Waals surface area contributed by atoms with Crippen LogP contribution in [0.25, 0.3) is 0 Å². The zero-order chi connectivity index (χ0) is 18.8. The van der Waals surface area contributed by atoms with E-state index in [1.807, 2.05) is 29.2 Å². The maximum Gasteiger partial charge on any atom is 0.317 e. The summed E-state index contributed by atoms with van der Waals surface area (Å²) in [6.07, 6.45) is 4.01. The van der Waals surface area contributed by atoms with E-state index in [2.05, 4.69) is 17.6 Å². The smallest absolute Gasteiger partial charge is 0.317 e. The van der Waals surface area contributed by atoms with Crippen molar-refractivity contribution in [3.05, 3.63) is 35.4 Å². The lowest BCUT2D eigenvalue weighted by Crippen LogP contribution is -2.44. The van der Waals surface area contributed by atoms with Crippen molar-refractivity contribution in [2.45, 2.75) is 32.6 Å². The number of methoxy groups -OCH3 is 1. The number of likely N-dealkylation sites (tertiary alicyclic amines) is 1. The van der Waals surface area contributed by atoms with E-state index in [4.69, 9.17) is 4.74 Å². The van der Waals surface area contributed by atoms with Crippen molar-refractivity contribution in [1.29, 1.82) is 0 Å². The third-order valence-electron chi connectivity index (χ3n) is 4.76. The van der Waals surface area contributed by atoms with Gasteiger partial charge in [-0.3, -0.25) is 4.79 Å². The molecule has 2 N–H and O–H groups in total. The van der Waals surface area contributed by atoms with Crippen LogP contribution in [0.15, 0.2) is 24.3 Å². The van der Waals surface area contributed by atoms with Crippen LogP contribution in [-0.4, -0.2) is 56.7 Å². The van der Waals surface area contributed by atoms with E-state index in [0.717, 1.165) is 45.3 Å². The Morgan fingerprint density at radius 2 is 1.81 bits per heavy atom. The van der Waals surface area contributed by atoms with Gasteiger partial charge in [-0.1, -0.05) is 19.1 Å². The highest BCUT2D eigenvalue weighted by Crippen LogP contribution is 2.22. The van der Waals surface area contributed by atoms with Crippen molar-refractivity contribution >= 4 is 11.9 Å². The molecule has 2 rings (SSSR count). The number of hydrogen-bond acceptors (Lipinski definition) is 3. The minimum atomic E-state index is -0.0694. The maximum atomic E-state index is 12.0. The summed E-state index contributed by atoms with van der Waals surface area (Å²) in [7, 11) is 1.61. The maximum absolute atomic E-state index is 12.0. The van der Waals surface area contributed by atoms with E-state index in [9.17, 15) is 9.59 Å². The van der Waals surface area contributed by atoms with Gasteiger partial charge in [-0.2, -0.15) is 0 Å². The summed E-state index contributed by atoms with van der Waals surface area (Å²) in [6, 6.07) is 7.89. The predicted molar refractivity (Wildman–Crippen MR) is 102 cm³/mol. The number of hydrogen-bond donors (Lipinski definition) is 2. The number of ether oxygens (including phenoxy) is 1. The second kappa shape index (κ2) is 10.8. The van der Waals surface area contributed by atoms with Crippen LogP contribution in [0, 0.1) is 5.92 Å².